The lowest BCUT2D eigenvalue weighted by Gasteiger charge is -2.07. The number of nitrogens with zero attached hydrogens (tertiary/aromatic N) is 1. The van der Waals surface area contributed by atoms with E-state index in [4.69, 9.17) is 0 Å². The van der Waals surface area contributed by atoms with Gasteiger partial charge in [0.15, 0.2) is 0 Å². The highest BCUT2D eigenvalue weighted by Gasteiger charge is 2.10. The van der Waals surface area contributed by atoms with Crippen LogP contribution in [-0.2, 0) is 0 Å². The lowest BCUT2D eigenvalue weighted by molar-refractivity contribution is 1.02. The van der Waals surface area contributed by atoms with Crippen molar-refractivity contribution in [1.82, 2.24) is 10.2 Å². The summed E-state index contributed by atoms with van der Waals surface area (Å²) in [5.74, 6) is 0. The lowest BCUT2D eigenvalue weighted by atomic mass is 10.00. The first kappa shape index (κ1) is 11.9. The monoisotopic (exact) mass is 272 g/mol. The van der Waals surface area contributed by atoms with E-state index in [0.717, 1.165) is 27.4 Å². The van der Waals surface area contributed by atoms with Gasteiger partial charge in [-0.2, -0.15) is 5.10 Å². The summed E-state index contributed by atoms with van der Waals surface area (Å²) in [6.07, 6.45) is 0. The third kappa shape index (κ3) is 1.82. The van der Waals surface area contributed by atoms with Crippen molar-refractivity contribution in [2.45, 2.75) is 0 Å². The molecule has 0 aliphatic heterocycles. The Kier molecular flexibility index (Phi) is 2.57. The van der Waals surface area contributed by atoms with Gasteiger partial charge < -0.3 is 0 Å². The van der Waals surface area contributed by atoms with Crippen LogP contribution in [0.25, 0.3) is 32.8 Å². The molecule has 1 aromatic heterocycles. The van der Waals surface area contributed by atoms with Crippen LogP contribution in [0.1, 0.15) is 0 Å². The van der Waals surface area contributed by atoms with E-state index >= 15 is 0 Å². The van der Waals surface area contributed by atoms with Crippen LogP contribution < -0.4 is 5.56 Å². The SMILES string of the molecule is O=c1[nH]nc(-c2ccccc2)c2ccc3ccccc3c12. The van der Waals surface area contributed by atoms with Crippen LogP contribution in [0, 0.1) is 0 Å². The Morgan fingerprint density at radius 3 is 2.38 bits per heavy atom. The lowest BCUT2D eigenvalue weighted by Crippen LogP contribution is -2.09. The van der Waals surface area contributed by atoms with Crippen LogP contribution >= 0.6 is 0 Å². The van der Waals surface area contributed by atoms with E-state index in [2.05, 4.69) is 10.2 Å². The van der Waals surface area contributed by atoms with Crippen molar-refractivity contribution in [3.05, 3.63) is 77.1 Å². The summed E-state index contributed by atoms with van der Waals surface area (Å²) in [6.45, 7) is 0. The third-order valence-electron chi connectivity index (χ3n) is 3.73. The van der Waals surface area contributed by atoms with E-state index in [1.807, 2.05) is 66.7 Å². The smallest absolute Gasteiger partial charge is 0.267 e. The van der Waals surface area contributed by atoms with E-state index in [0.29, 0.717) is 5.39 Å². The molecule has 100 valence electrons. The third-order valence-corrected chi connectivity index (χ3v) is 3.73. The molecule has 1 heterocycles. The molecular weight excluding hydrogens is 260 g/mol. The Labute approximate surface area is 120 Å². The average Bonchev–Trinajstić information content (AvgIpc) is 2.55. The maximum absolute atomic E-state index is 12.3. The molecular formula is C18H12N2O. The van der Waals surface area contributed by atoms with Gasteiger partial charge in [-0.3, -0.25) is 4.79 Å². The van der Waals surface area contributed by atoms with Crippen LogP contribution in [-0.4, -0.2) is 10.2 Å². The van der Waals surface area contributed by atoms with Gasteiger partial charge in [0.2, 0.25) is 0 Å². The van der Waals surface area contributed by atoms with E-state index in [9.17, 15) is 4.79 Å². The van der Waals surface area contributed by atoms with E-state index < -0.39 is 0 Å². The Morgan fingerprint density at radius 2 is 1.52 bits per heavy atom. The Bertz CT molecular complexity index is 1000. The molecule has 0 atom stereocenters. The fraction of sp³-hybridized carbons (Fsp3) is 0. The molecule has 0 bridgehead atoms. The molecule has 0 aliphatic rings. The number of hydrogen-bond acceptors (Lipinski definition) is 2. The fourth-order valence-electron chi connectivity index (χ4n) is 2.75. The van der Waals surface area contributed by atoms with Gasteiger partial charge >= 0.3 is 0 Å². The van der Waals surface area contributed by atoms with Crippen LogP contribution in [0.5, 0.6) is 0 Å². The summed E-state index contributed by atoms with van der Waals surface area (Å²) in [7, 11) is 0. The van der Waals surface area contributed by atoms with Crippen LogP contribution in [0.3, 0.4) is 0 Å². The number of aromatic nitrogens is 2. The largest absolute Gasteiger partial charge is 0.272 e. The average molecular weight is 272 g/mol. The summed E-state index contributed by atoms with van der Waals surface area (Å²) in [4.78, 5) is 12.3. The van der Waals surface area contributed by atoms with Crippen molar-refractivity contribution >= 4 is 21.5 Å². The summed E-state index contributed by atoms with van der Waals surface area (Å²) in [6, 6.07) is 21.8. The van der Waals surface area contributed by atoms with Crippen LogP contribution in [0.2, 0.25) is 0 Å². The quantitative estimate of drug-likeness (QED) is 0.536. The Balaban J connectivity index is 2.19. The Hall–Kier alpha value is -2.94. The molecule has 4 aromatic rings. The molecule has 0 fully saturated rings. The van der Waals surface area contributed by atoms with E-state index in [1.54, 1.807) is 0 Å². The molecule has 0 unspecified atom stereocenters. The highest BCUT2D eigenvalue weighted by Crippen LogP contribution is 2.28. The summed E-state index contributed by atoms with van der Waals surface area (Å²) < 4.78 is 0. The highest BCUT2D eigenvalue weighted by molar-refractivity contribution is 6.10. The summed E-state index contributed by atoms with van der Waals surface area (Å²) in [5, 5.41) is 10.5. The van der Waals surface area contributed by atoms with Gasteiger partial charge in [0.25, 0.3) is 5.56 Å². The van der Waals surface area contributed by atoms with Crippen molar-refractivity contribution in [3.8, 4) is 11.3 Å². The first-order chi connectivity index (χ1) is 10.3. The van der Waals surface area contributed by atoms with Crippen molar-refractivity contribution in [3.63, 3.8) is 0 Å². The van der Waals surface area contributed by atoms with E-state index in [1.165, 1.54) is 0 Å². The number of benzene rings is 3. The van der Waals surface area contributed by atoms with Crippen molar-refractivity contribution in [1.29, 1.82) is 0 Å². The topological polar surface area (TPSA) is 45.8 Å². The highest BCUT2D eigenvalue weighted by atomic mass is 16.1. The minimum absolute atomic E-state index is 0.151. The summed E-state index contributed by atoms with van der Waals surface area (Å²) >= 11 is 0. The molecule has 3 heteroatoms. The maximum Gasteiger partial charge on any atom is 0.272 e. The van der Waals surface area contributed by atoms with Gasteiger partial charge in [-0.25, -0.2) is 5.10 Å². The van der Waals surface area contributed by atoms with Gasteiger partial charge in [0, 0.05) is 10.9 Å². The number of nitrogens with one attached hydrogen (secondary N) is 1. The number of aromatic amines is 1. The van der Waals surface area contributed by atoms with Gasteiger partial charge in [-0.15, -0.1) is 0 Å². The predicted molar refractivity (Wildman–Crippen MR) is 85.3 cm³/mol. The van der Waals surface area contributed by atoms with Gasteiger partial charge in [0.05, 0.1) is 11.1 Å². The molecule has 1 N–H and O–H groups in total. The minimum atomic E-state index is -0.151. The van der Waals surface area contributed by atoms with Crippen molar-refractivity contribution in [2.75, 3.05) is 0 Å². The second-order valence-electron chi connectivity index (χ2n) is 4.98. The normalized spacial score (nSPS) is 11.0. The van der Waals surface area contributed by atoms with Crippen molar-refractivity contribution < 1.29 is 0 Å². The maximum atomic E-state index is 12.3. The summed E-state index contributed by atoms with van der Waals surface area (Å²) in [5.41, 5.74) is 1.64. The molecule has 3 aromatic carbocycles. The number of hydrogen-bond donors (Lipinski definition) is 1. The first-order valence-electron chi connectivity index (χ1n) is 6.80. The molecule has 0 amide bonds. The number of rotatable bonds is 1. The zero-order valence-electron chi connectivity index (χ0n) is 11.2. The van der Waals surface area contributed by atoms with Crippen LogP contribution in [0.15, 0.2) is 71.5 Å². The molecule has 0 aliphatic carbocycles. The minimum Gasteiger partial charge on any atom is -0.267 e. The van der Waals surface area contributed by atoms with Crippen LogP contribution in [0.4, 0.5) is 0 Å². The van der Waals surface area contributed by atoms with Gasteiger partial charge in [-0.1, -0.05) is 66.7 Å². The molecule has 3 nitrogen and oxygen atoms in total. The second kappa shape index (κ2) is 4.56. The molecule has 0 saturated carbocycles. The van der Waals surface area contributed by atoms with Gasteiger partial charge in [-0.05, 0) is 10.8 Å². The van der Waals surface area contributed by atoms with E-state index in [-0.39, 0.29) is 5.56 Å². The molecule has 21 heavy (non-hydrogen) atoms. The number of H-pyrrole nitrogens is 1. The molecule has 0 spiro atoms. The fourth-order valence-corrected chi connectivity index (χ4v) is 2.75. The number of fused-ring (bicyclic) bond motifs is 3. The predicted octanol–water partition coefficient (Wildman–Crippen LogP) is 3.74. The molecule has 0 saturated heterocycles. The Morgan fingerprint density at radius 1 is 0.762 bits per heavy atom. The van der Waals surface area contributed by atoms with Crippen molar-refractivity contribution in [2.24, 2.45) is 0 Å². The molecule has 0 radical (unpaired) electrons. The zero-order chi connectivity index (χ0) is 14.2. The van der Waals surface area contributed by atoms with Gasteiger partial charge in [0.1, 0.15) is 0 Å². The standard InChI is InChI=1S/C18H12N2O/c21-18-16-14-9-5-4-6-12(14)10-11-15(16)17(19-20-18)13-7-2-1-3-8-13/h1-11H,(H,20,21). The second-order valence-corrected chi connectivity index (χ2v) is 4.98. The zero-order valence-corrected chi connectivity index (χ0v) is 11.2. The first-order valence-corrected chi connectivity index (χ1v) is 6.80. The molecule has 4 rings (SSSR count).